The van der Waals surface area contributed by atoms with Crippen molar-refractivity contribution in [1.82, 2.24) is 10.3 Å². The van der Waals surface area contributed by atoms with Crippen LogP contribution in [0.25, 0.3) is 0 Å². The number of rotatable bonds is 9. The number of amides is 2. The molecule has 2 bridgehead atoms. The largest absolute Gasteiger partial charge is 0.382 e. The van der Waals surface area contributed by atoms with Crippen molar-refractivity contribution in [2.45, 2.75) is 89.9 Å². The summed E-state index contributed by atoms with van der Waals surface area (Å²) in [5, 5.41) is 6.64. The summed E-state index contributed by atoms with van der Waals surface area (Å²) >= 11 is 0. The Morgan fingerprint density at radius 2 is 1.78 bits per heavy atom. The molecule has 0 spiro atoms. The summed E-state index contributed by atoms with van der Waals surface area (Å²) in [6, 6.07) is 8.36. The summed E-state index contributed by atoms with van der Waals surface area (Å²) in [7, 11) is 0. The zero-order valence-corrected chi connectivity index (χ0v) is 22.0. The predicted octanol–water partition coefficient (Wildman–Crippen LogP) is 3.51. The molecule has 5 rings (SSSR count). The van der Waals surface area contributed by atoms with Crippen LogP contribution >= 0.6 is 0 Å². The van der Waals surface area contributed by atoms with E-state index in [0.717, 1.165) is 56.3 Å². The van der Waals surface area contributed by atoms with Gasteiger partial charge in [-0.25, -0.2) is 9.78 Å². The number of fused-ring (bicyclic) bond motifs is 2. The topological polar surface area (TPSA) is 119 Å². The summed E-state index contributed by atoms with van der Waals surface area (Å²) in [5.74, 6) is 0.975. The SMILES string of the molecule is CCC(C)Nc1cc(C(=O)NC2CC3CCC(C2)N3c2ccc(C(=O)C3CC3)cn2)c(C)cc1C([NH3+])=O. The fourth-order valence-electron chi connectivity index (χ4n) is 5.87. The summed E-state index contributed by atoms with van der Waals surface area (Å²) in [6.07, 6.45) is 8.49. The second-order valence-corrected chi connectivity index (χ2v) is 11.1. The molecule has 37 heavy (non-hydrogen) atoms. The summed E-state index contributed by atoms with van der Waals surface area (Å²) in [4.78, 5) is 44.9. The third kappa shape index (κ3) is 5.25. The average molecular weight is 505 g/mol. The first kappa shape index (κ1) is 25.4. The molecule has 2 aromatic rings. The molecule has 3 heterocycles. The van der Waals surface area contributed by atoms with E-state index in [9.17, 15) is 14.4 Å². The van der Waals surface area contributed by atoms with Crippen LogP contribution < -0.4 is 21.3 Å². The van der Waals surface area contributed by atoms with Crippen LogP contribution in [0.3, 0.4) is 0 Å². The van der Waals surface area contributed by atoms with Crippen molar-refractivity contribution in [3.05, 3.63) is 52.7 Å². The molecular formula is C29H38N5O3+. The van der Waals surface area contributed by atoms with Crippen molar-refractivity contribution in [2.24, 2.45) is 5.92 Å². The molecule has 3 aliphatic rings. The summed E-state index contributed by atoms with van der Waals surface area (Å²) in [6.45, 7) is 5.99. The lowest BCUT2D eigenvalue weighted by Gasteiger charge is -2.40. The minimum atomic E-state index is -0.261. The lowest BCUT2D eigenvalue weighted by Crippen LogP contribution is -2.57. The molecule has 3 unspecified atom stereocenters. The molecule has 5 N–H and O–H groups in total. The predicted molar refractivity (Wildman–Crippen MR) is 143 cm³/mol. The highest BCUT2D eigenvalue weighted by molar-refractivity contribution is 6.01. The number of aromatic nitrogens is 1. The Morgan fingerprint density at radius 3 is 2.35 bits per heavy atom. The van der Waals surface area contributed by atoms with Gasteiger partial charge in [0.15, 0.2) is 5.78 Å². The van der Waals surface area contributed by atoms with Gasteiger partial charge in [0.05, 0.1) is 5.69 Å². The number of pyridine rings is 1. The number of carbonyl (C=O) groups is 3. The van der Waals surface area contributed by atoms with Crippen LogP contribution in [0.2, 0.25) is 0 Å². The van der Waals surface area contributed by atoms with Gasteiger partial charge in [0.1, 0.15) is 11.4 Å². The van der Waals surface area contributed by atoms with E-state index in [1.165, 1.54) is 0 Å². The third-order valence-corrected chi connectivity index (χ3v) is 8.24. The van der Waals surface area contributed by atoms with Crippen LogP contribution in [0.5, 0.6) is 0 Å². The van der Waals surface area contributed by atoms with Gasteiger partial charge in [0.2, 0.25) is 0 Å². The van der Waals surface area contributed by atoms with Gasteiger partial charge in [0.25, 0.3) is 5.91 Å². The standard InChI is InChI=1S/C29H37N5O3/c1-4-17(3)32-25-14-23(16(2)11-24(25)28(30)36)29(37)33-20-12-21-8-9-22(13-20)34(21)26-10-7-19(15-31-26)27(35)18-5-6-18/h7,10-11,14-15,17-18,20-22,32H,4-6,8-9,12-13H2,1-3H3,(H2,30,36)(H,33,37)/p+1. The normalized spacial score (nSPS) is 23.5. The Hall–Kier alpha value is -3.26. The molecule has 2 saturated heterocycles. The fourth-order valence-corrected chi connectivity index (χ4v) is 5.87. The molecule has 8 nitrogen and oxygen atoms in total. The van der Waals surface area contributed by atoms with E-state index in [4.69, 9.17) is 0 Å². The van der Waals surface area contributed by atoms with Gasteiger partial charge in [0, 0.05) is 47.4 Å². The molecule has 1 aromatic carbocycles. The number of piperidine rings is 1. The molecule has 3 fully saturated rings. The van der Waals surface area contributed by atoms with E-state index in [-0.39, 0.29) is 35.6 Å². The van der Waals surface area contributed by atoms with E-state index in [1.54, 1.807) is 18.3 Å². The van der Waals surface area contributed by atoms with Crippen molar-refractivity contribution in [2.75, 3.05) is 10.2 Å². The molecule has 1 aromatic heterocycles. The highest BCUT2D eigenvalue weighted by Crippen LogP contribution is 2.39. The smallest absolute Gasteiger partial charge is 0.343 e. The molecule has 0 radical (unpaired) electrons. The fraction of sp³-hybridized carbons (Fsp3) is 0.517. The van der Waals surface area contributed by atoms with Crippen LogP contribution in [-0.4, -0.2) is 46.7 Å². The van der Waals surface area contributed by atoms with Crippen molar-refractivity contribution in [1.29, 1.82) is 0 Å². The molecule has 3 atom stereocenters. The highest BCUT2D eigenvalue weighted by Gasteiger charge is 2.42. The third-order valence-electron chi connectivity index (χ3n) is 8.24. The number of hydrogen-bond donors (Lipinski definition) is 3. The Morgan fingerprint density at radius 1 is 1.08 bits per heavy atom. The number of Topliss-reactive ketones (excluding diaryl/α,β-unsaturated/α-hetero) is 1. The van der Waals surface area contributed by atoms with Gasteiger partial charge in [-0.2, -0.15) is 0 Å². The summed E-state index contributed by atoms with van der Waals surface area (Å²) < 4.78 is 0. The lowest BCUT2D eigenvalue weighted by atomic mass is 9.95. The first-order valence-corrected chi connectivity index (χ1v) is 13.6. The summed E-state index contributed by atoms with van der Waals surface area (Å²) in [5.41, 5.74) is 6.83. The molecule has 2 amide bonds. The number of carbonyl (C=O) groups excluding carboxylic acids is 3. The van der Waals surface area contributed by atoms with Crippen LogP contribution in [-0.2, 0) is 0 Å². The van der Waals surface area contributed by atoms with Crippen LogP contribution in [0.1, 0.15) is 95.4 Å². The maximum atomic E-state index is 13.4. The monoisotopic (exact) mass is 504 g/mol. The molecule has 1 saturated carbocycles. The second kappa shape index (κ2) is 10.2. The van der Waals surface area contributed by atoms with Gasteiger partial charge in [-0.15, -0.1) is 0 Å². The minimum absolute atomic E-state index is 0.0801. The van der Waals surface area contributed by atoms with Crippen molar-refractivity contribution < 1.29 is 20.1 Å². The number of nitrogens with one attached hydrogen (secondary N) is 2. The number of hydrogen-bond acceptors (Lipinski definition) is 6. The Kier molecular flexibility index (Phi) is 7.03. The van der Waals surface area contributed by atoms with E-state index < -0.39 is 0 Å². The zero-order valence-electron chi connectivity index (χ0n) is 22.0. The number of nitrogens with zero attached hydrogens (tertiary/aromatic N) is 2. The van der Waals surface area contributed by atoms with Crippen molar-refractivity contribution >= 4 is 29.1 Å². The van der Waals surface area contributed by atoms with Gasteiger partial charge < -0.3 is 15.5 Å². The van der Waals surface area contributed by atoms with E-state index in [0.29, 0.717) is 34.5 Å². The molecule has 196 valence electrons. The highest BCUT2D eigenvalue weighted by atomic mass is 16.2. The van der Waals surface area contributed by atoms with Crippen LogP contribution in [0, 0.1) is 12.8 Å². The quantitative estimate of drug-likeness (QED) is 0.450. The molecule has 2 aliphatic heterocycles. The van der Waals surface area contributed by atoms with E-state index in [1.807, 2.05) is 26.0 Å². The van der Waals surface area contributed by atoms with Gasteiger partial charge in [-0.1, -0.05) is 6.92 Å². The minimum Gasteiger partial charge on any atom is -0.382 e. The Balaban J connectivity index is 1.27. The zero-order chi connectivity index (χ0) is 26.3. The van der Waals surface area contributed by atoms with E-state index in [2.05, 4.69) is 33.2 Å². The Bertz CT molecular complexity index is 1190. The maximum absolute atomic E-state index is 13.4. The maximum Gasteiger partial charge on any atom is 0.343 e. The first-order chi connectivity index (χ1) is 17.7. The number of anilines is 2. The van der Waals surface area contributed by atoms with Crippen molar-refractivity contribution in [3.8, 4) is 0 Å². The van der Waals surface area contributed by atoms with Crippen LogP contribution in [0.15, 0.2) is 30.5 Å². The Labute approximate surface area is 218 Å². The second-order valence-electron chi connectivity index (χ2n) is 11.1. The lowest BCUT2D eigenvalue weighted by molar-refractivity contribution is -0.254. The van der Waals surface area contributed by atoms with Crippen LogP contribution in [0.4, 0.5) is 11.5 Å². The average Bonchev–Trinajstić information content (AvgIpc) is 3.69. The first-order valence-electron chi connectivity index (χ1n) is 13.6. The number of ketones is 1. The molecular weight excluding hydrogens is 466 g/mol. The van der Waals surface area contributed by atoms with Gasteiger partial charge in [-0.05, 0) is 88.6 Å². The van der Waals surface area contributed by atoms with Gasteiger partial charge in [-0.3, -0.25) is 15.3 Å². The van der Waals surface area contributed by atoms with E-state index >= 15 is 0 Å². The number of aryl methyl sites for hydroxylation is 1. The molecule has 1 aliphatic carbocycles. The van der Waals surface area contributed by atoms with Crippen molar-refractivity contribution in [3.63, 3.8) is 0 Å². The van der Waals surface area contributed by atoms with Gasteiger partial charge >= 0.3 is 5.91 Å². The number of benzene rings is 1. The molecule has 8 heteroatoms. The number of quaternary nitrogens is 1.